The third-order valence-electron chi connectivity index (χ3n) is 3.84. The van der Waals surface area contributed by atoms with E-state index < -0.39 is 0 Å². The van der Waals surface area contributed by atoms with E-state index in [9.17, 15) is 4.79 Å². The van der Waals surface area contributed by atoms with Gasteiger partial charge in [0.05, 0.1) is 12.5 Å². The zero-order valence-corrected chi connectivity index (χ0v) is 12.6. The van der Waals surface area contributed by atoms with E-state index in [1.807, 2.05) is 17.0 Å². The van der Waals surface area contributed by atoms with Gasteiger partial charge in [0, 0.05) is 32.8 Å². The highest BCUT2D eigenvalue weighted by Crippen LogP contribution is 2.26. The Bertz CT molecular complexity index is 460. The summed E-state index contributed by atoms with van der Waals surface area (Å²) in [5.74, 6) is 0.107. The number of benzene rings is 1. The number of fused-ring (bicyclic) bond motifs is 1. The van der Waals surface area contributed by atoms with E-state index in [1.165, 1.54) is 11.1 Å². The molecular weight excluding hydrogens is 252 g/mol. The van der Waals surface area contributed by atoms with Crippen LogP contribution in [0.5, 0.6) is 0 Å². The maximum atomic E-state index is 12.8. The van der Waals surface area contributed by atoms with Gasteiger partial charge >= 0.3 is 0 Å². The summed E-state index contributed by atoms with van der Waals surface area (Å²) in [6.07, 6.45) is 0. The molecule has 20 heavy (non-hydrogen) atoms. The highest BCUT2D eigenvalue weighted by molar-refractivity contribution is 5.85. The fourth-order valence-electron chi connectivity index (χ4n) is 2.73. The molecule has 1 aliphatic rings. The molecule has 1 aromatic rings. The van der Waals surface area contributed by atoms with Crippen LogP contribution in [0.4, 0.5) is 0 Å². The molecule has 0 aliphatic carbocycles. The first kappa shape index (κ1) is 15.0. The number of carbonyl (C=O) groups excluding carboxylic acids is 1. The molecule has 1 aromatic carbocycles. The van der Waals surface area contributed by atoms with E-state index in [4.69, 9.17) is 4.74 Å². The Morgan fingerprint density at radius 2 is 2.20 bits per heavy atom. The minimum Gasteiger partial charge on any atom is -0.383 e. The maximum absolute atomic E-state index is 12.8. The first-order chi connectivity index (χ1) is 9.65. The van der Waals surface area contributed by atoms with Crippen molar-refractivity contribution < 1.29 is 9.53 Å². The van der Waals surface area contributed by atoms with Gasteiger partial charge in [-0.2, -0.15) is 0 Å². The van der Waals surface area contributed by atoms with Crippen molar-refractivity contribution in [3.8, 4) is 0 Å². The summed E-state index contributed by atoms with van der Waals surface area (Å²) in [6, 6.07) is 8.40. The maximum Gasteiger partial charge on any atom is 0.231 e. The predicted molar refractivity (Wildman–Crippen MR) is 79.6 cm³/mol. The van der Waals surface area contributed by atoms with Crippen LogP contribution in [-0.4, -0.2) is 43.7 Å². The van der Waals surface area contributed by atoms with Crippen molar-refractivity contribution in [2.24, 2.45) is 0 Å². The number of carbonyl (C=O) groups is 1. The lowest BCUT2D eigenvalue weighted by atomic mass is 9.89. The molecule has 0 bridgehead atoms. The molecule has 2 rings (SSSR count). The van der Waals surface area contributed by atoms with Crippen molar-refractivity contribution in [2.75, 3.05) is 26.8 Å². The summed E-state index contributed by atoms with van der Waals surface area (Å²) in [5, 5.41) is 3.34. The van der Waals surface area contributed by atoms with Crippen LogP contribution in [0.25, 0.3) is 0 Å². The lowest BCUT2D eigenvalue weighted by Crippen LogP contribution is -2.45. The van der Waals surface area contributed by atoms with Crippen molar-refractivity contribution in [2.45, 2.75) is 32.4 Å². The summed E-state index contributed by atoms with van der Waals surface area (Å²) >= 11 is 0. The Morgan fingerprint density at radius 1 is 1.45 bits per heavy atom. The molecule has 0 saturated heterocycles. The van der Waals surface area contributed by atoms with Crippen LogP contribution in [0, 0.1) is 0 Å². The van der Waals surface area contributed by atoms with Gasteiger partial charge < -0.3 is 15.0 Å². The first-order valence-electron chi connectivity index (χ1n) is 7.23. The molecule has 1 N–H and O–H groups in total. The molecule has 0 saturated carbocycles. The molecule has 0 radical (unpaired) electrons. The number of ether oxygens (including phenoxy) is 1. The van der Waals surface area contributed by atoms with Crippen molar-refractivity contribution in [3.63, 3.8) is 0 Å². The van der Waals surface area contributed by atoms with Crippen molar-refractivity contribution in [1.82, 2.24) is 10.2 Å². The second-order valence-corrected chi connectivity index (χ2v) is 5.50. The summed E-state index contributed by atoms with van der Waals surface area (Å²) in [7, 11) is 1.67. The summed E-state index contributed by atoms with van der Waals surface area (Å²) < 4.78 is 5.12. The molecule has 110 valence electrons. The molecule has 1 atom stereocenters. The average molecular weight is 276 g/mol. The number of methoxy groups -OCH3 is 1. The van der Waals surface area contributed by atoms with E-state index in [2.05, 4.69) is 31.3 Å². The molecule has 0 aromatic heterocycles. The highest BCUT2D eigenvalue weighted by atomic mass is 16.5. The van der Waals surface area contributed by atoms with Gasteiger partial charge in [-0.25, -0.2) is 0 Å². The number of nitrogens with one attached hydrogen (secondary N) is 1. The van der Waals surface area contributed by atoms with Crippen molar-refractivity contribution in [3.05, 3.63) is 35.4 Å². The Balaban J connectivity index is 2.20. The second-order valence-electron chi connectivity index (χ2n) is 5.50. The van der Waals surface area contributed by atoms with Crippen LogP contribution in [0.1, 0.15) is 30.9 Å². The van der Waals surface area contributed by atoms with Gasteiger partial charge in [0.1, 0.15) is 0 Å². The molecule has 0 spiro atoms. The van der Waals surface area contributed by atoms with E-state index in [0.29, 0.717) is 19.7 Å². The quantitative estimate of drug-likeness (QED) is 0.891. The predicted octanol–water partition coefficient (Wildman–Crippen LogP) is 1.76. The summed E-state index contributed by atoms with van der Waals surface area (Å²) in [6.45, 7) is 6.88. The van der Waals surface area contributed by atoms with Crippen molar-refractivity contribution >= 4 is 5.91 Å². The van der Waals surface area contributed by atoms with E-state index in [-0.39, 0.29) is 17.9 Å². The van der Waals surface area contributed by atoms with Crippen LogP contribution >= 0.6 is 0 Å². The van der Waals surface area contributed by atoms with Gasteiger partial charge in [0.15, 0.2) is 0 Å². The first-order valence-corrected chi connectivity index (χ1v) is 7.23. The largest absolute Gasteiger partial charge is 0.383 e. The lowest BCUT2D eigenvalue weighted by molar-refractivity contribution is -0.135. The van der Waals surface area contributed by atoms with E-state index in [1.54, 1.807) is 7.11 Å². The van der Waals surface area contributed by atoms with Gasteiger partial charge in [-0.05, 0) is 25.0 Å². The van der Waals surface area contributed by atoms with Crippen LogP contribution in [-0.2, 0) is 16.1 Å². The summed E-state index contributed by atoms with van der Waals surface area (Å²) in [5.41, 5.74) is 2.40. The molecule has 1 aliphatic heterocycles. The molecule has 1 unspecified atom stereocenters. The third-order valence-corrected chi connectivity index (χ3v) is 3.84. The molecule has 0 fully saturated rings. The molecule has 1 heterocycles. The molecule has 4 heteroatoms. The van der Waals surface area contributed by atoms with Crippen LogP contribution in [0.2, 0.25) is 0 Å². The smallest absolute Gasteiger partial charge is 0.231 e. The molecular formula is C16H24N2O2. The average Bonchev–Trinajstić information content (AvgIpc) is 2.46. The number of hydrogen-bond acceptors (Lipinski definition) is 3. The lowest BCUT2D eigenvalue weighted by Gasteiger charge is -2.33. The van der Waals surface area contributed by atoms with E-state index in [0.717, 1.165) is 6.54 Å². The standard InChI is InChI=1S/C16H24N2O2/c1-12(2)18(8-9-20-3)16(19)15-11-17-10-13-6-4-5-7-14(13)15/h4-7,12,15,17H,8-11H2,1-3H3. The monoisotopic (exact) mass is 276 g/mol. The van der Waals surface area contributed by atoms with Crippen LogP contribution < -0.4 is 5.32 Å². The van der Waals surface area contributed by atoms with Gasteiger partial charge in [0.2, 0.25) is 5.91 Å². The van der Waals surface area contributed by atoms with Crippen LogP contribution in [0.3, 0.4) is 0 Å². The Hall–Kier alpha value is -1.39. The van der Waals surface area contributed by atoms with Gasteiger partial charge in [-0.15, -0.1) is 0 Å². The SMILES string of the molecule is COCCN(C(=O)C1CNCc2ccccc21)C(C)C. The zero-order chi connectivity index (χ0) is 14.5. The minimum atomic E-state index is -0.0841. The van der Waals surface area contributed by atoms with Gasteiger partial charge in [-0.1, -0.05) is 24.3 Å². The second kappa shape index (κ2) is 6.86. The van der Waals surface area contributed by atoms with Gasteiger partial charge in [0.25, 0.3) is 0 Å². The third kappa shape index (κ3) is 3.19. The van der Waals surface area contributed by atoms with E-state index >= 15 is 0 Å². The highest BCUT2D eigenvalue weighted by Gasteiger charge is 2.30. The summed E-state index contributed by atoms with van der Waals surface area (Å²) in [4.78, 5) is 14.8. The van der Waals surface area contributed by atoms with Crippen LogP contribution in [0.15, 0.2) is 24.3 Å². The van der Waals surface area contributed by atoms with Crippen molar-refractivity contribution in [1.29, 1.82) is 0 Å². The number of hydrogen-bond donors (Lipinski definition) is 1. The fraction of sp³-hybridized carbons (Fsp3) is 0.562. The zero-order valence-electron chi connectivity index (χ0n) is 12.6. The Kier molecular flexibility index (Phi) is 5.15. The molecule has 1 amide bonds. The minimum absolute atomic E-state index is 0.0841. The normalized spacial score (nSPS) is 17.9. The fourth-order valence-corrected chi connectivity index (χ4v) is 2.73. The molecule has 4 nitrogen and oxygen atoms in total. The Labute approximate surface area is 121 Å². The Morgan fingerprint density at radius 3 is 2.90 bits per heavy atom. The topological polar surface area (TPSA) is 41.6 Å². The number of amides is 1. The number of rotatable bonds is 5. The van der Waals surface area contributed by atoms with Gasteiger partial charge in [-0.3, -0.25) is 4.79 Å². The number of nitrogens with zero attached hydrogens (tertiary/aromatic N) is 1.